The number of rotatable bonds is 5. The number of benzene rings is 2. The Morgan fingerprint density at radius 1 is 1.11 bits per heavy atom. The van der Waals surface area contributed by atoms with E-state index in [-0.39, 0.29) is 0 Å². The Labute approximate surface area is 117 Å². The molecule has 0 unspecified atom stereocenters. The molecule has 0 amide bonds. The van der Waals surface area contributed by atoms with Crippen molar-refractivity contribution >= 4 is 26.7 Å². The molecule has 0 aliphatic carbocycles. The molecule has 0 heterocycles. The Morgan fingerprint density at radius 3 is 2.67 bits per heavy atom. The molecule has 0 fully saturated rings. The molecule has 1 nitrogen and oxygen atoms in total. The Bertz CT molecular complexity index is 519. The molecule has 18 heavy (non-hydrogen) atoms. The monoisotopic (exact) mass is 306 g/mol. The van der Waals surface area contributed by atoms with Crippen LogP contribution in [0.2, 0.25) is 0 Å². The summed E-state index contributed by atoms with van der Waals surface area (Å²) in [5.41, 5.74) is 0. The molecule has 0 radical (unpaired) electrons. The summed E-state index contributed by atoms with van der Waals surface area (Å²) >= 11 is 3.64. The van der Waals surface area contributed by atoms with E-state index in [0.29, 0.717) is 0 Å². The van der Waals surface area contributed by atoms with Crippen LogP contribution in [0.25, 0.3) is 10.8 Å². The Balaban J connectivity index is 2.07. The summed E-state index contributed by atoms with van der Waals surface area (Å²) in [6, 6.07) is 12.5. The Morgan fingerprint density at radius 2 is 1.89 bits per heavy atom. The normalized spacial score (nSPS) is 11.1. The number of ether oxygens (including phenoxy) is 1. The van der Waals surface area contributed by atoms with Gasteiger partial charge >= 0.3 is 0 Å². The smallest absolute Gasteiger partial charge is 0.134 e. The van der Waals surface area contributed by atoms with Gasteiger partial charge in [-0.25, -0.2) is 0 Å². The van der Waals surface area contributed by atoms with Crippen LogP contribution in [0.5, 0.6) is 5.75 Å². The number of hydrogen-bond acceptors (Lipinski definition) is 1. The first-order valence-electron chi connectivity index (χ1n) is 6.48. The molecule has 2 aromatic rings. The molecule has 0 saturated carbocycles. The van der Waals surface area contributed by atoms with Crippen molar-refractivity contribution in [3.8, 4) is 5.75 Å². The van der Waals surface area contributed by atoms with E-state index >= 15 is 0 Å². The quantitative estimate of drug-likeness (QED) is 0.670. The van der Waals surface area contributed by atoms with Crippen LogP contribution in [0.3, 0.4) is 0 Å². The van der Waals surface area contributed by atoms with Gasteiger partial charge in [0.05, 0.1) is 11.1 Å². The fourth-order valence-corrected chi connectivity index (χ4v) is 2.61. The fourth-order valence-electron chi connectivity index (χ4n) is 2.00. The van der Waals surface area contributed by atoms with Crippen LogP contribution in [0.4, 0.5) is 0 Å². The van der Waals surface area contributed by atoms with Crippen molar-refractivity contribution in [3.05, 3.63) is 40.9 Å². The van der Waals surface area contributed by atoms with Crippen molar-refractivity contribution in [1.82, 2.24) is 0 Å². The van der Waals surface area contributed by atoms with E-state index in [9.17, 15) is 0 Å². The maximum Gasteiger partial charge on any atom is 0.134 e. The standard InChI is InChI=1S/C16H19BrO/c1-12(2)6-5-11-18-15-10-9-13-7-3-4-8-14(13)16(15)17/h3-4,7-10,12H,5-6,11H2,1-2H3. The molecule has 0 atom stereocenters. The van der Waals surface area contributed by atoms with Crippen LogP contribution in [-0.4, -0.2) is 6.61 Å². The van der Waals surface area contributed by atoms with Crippen LogP contribution in [0.15, 0.2) is 40.9 Å². The van der Waals surface area contributed by atoms with Crippen molar-refractivity contribution in [1.29, 1.82) is 0 Å². The molecule has 0 aromatic heterocycles. The molecule has 2 rings (SSSR count). The molecule has 0 bridgehead atoms. The van der Waals surface area contributed by atoms with Gasteiger partial charge in [0.1, 0.15) is 5.75 Å². The predicted molar refractivity (Wildman–Crippen MR) is 81.2 cm³/mol. The molecule has 0 aliphatic rings. The third-order valence-corrected chi connectivity index (χ3v) is 3.83. The molecule has 0 saturated heterocycles. The van der Waals surface area contributed by atoms with Crippen molar-refractivity contribution in [2.75, 3.05) is 6.61 Å². The summed E-state index contributed by atoms with van der Waals surface area (Å²) in [4.78, 5) is 0. The maximum atomic E-state index is 5.85. The van der Waals surface area contributed by atoms with Crippen molar-refractivity contribution in [3.63, 3.8) is 0 Å². The van der Waals surface area contributed by atoms with Gasteiger partial charge in [0.15, 0.2) is 0 Å². The molecule has 0 N–H and O–H groups in total. The lowest BCUT2D eigenvalue weighted by atomic mass is 10.1. The second-order valence-electron chi connectivity index (χ2n) is 4.98. The van der Waals surface area contributed by atoms with Gasteiger partial charge in [0, 0.05) is 0 Å². The lowest BCUT2D eigenvalue weighted by molar-refractivity contribution is 0.296. The van der Waals surface area contributed by atoms with Crippen molar-refractivity contribution in [2.45, 2.75) is 26.7 Å². The van der Waals surface area contributed by atoms with E-state index in [1.807, 2.05) is 6.07 Å². The summed E-state index contributed by atoms with van der Waals surface area (Å²) in [5, 5.41) is 2.44. The van der Waals surface area contributed by atoms with Gasteiger partial charge in [-0.15, -0.1) is 0 Å². The third kappa shape index (κ3) is 3.26. The first kappa shape index (κ1) is 13.4. The molecule has 0 aliphatic heterocycles. The van der Waals surface area contributed by atoms with Gasteiger partial charge in [-0.2, -0.15) is 0 Å². The summed E-state index contributed by atoms with van der Waals surface area (Å²) in [5.74, 6) is 1.69. The zero-order valence-corrected chi connectivity index (χ0v) is 12.5. The van der Waals surface area contributed by atoms with Crippen LogP contribution < -0.4 is 4.74 Å². The Kier molecular flexibility index (Phi) is 4.65. The maximum absolute atomic E-state index is 5.85. The lowest BCUT2D eigenvalue weighted by Crippen LogP contribution is -2.00. The fraction of sp³-hybridized carbons (Fsp3) is 0.375. The molecule has 2 aromatic carbocycles. The van der Waals surface area contributed by atoms with Gasteiger partial charge in [0.25, 0.3) is 0 Å². The topological polar surface area (TPSA) is 9.23 Å². The first-order valence-corrected chi connectivity index (χ1v) is 7.28. The highest BCUT2D eigenvalue weighted by Gasteiger charge is 2.05. The minimum atomic E-state index is 0.744. The van der Waals surface area contributed by atoms with Crippen LogP contribution in [0.1, 0.15) is 26.7 Å². The molecule has 0 spiro atoms. The lowest BCUT2D eigenvalue weighted by Gasteiger charge is -2.11. The third-order valence-electron chi connectivity index (χ3n) is 3.01. The highest BCUT2D eigenvalue weighted by atomic mass is 79.9. The van der Waals surface area contributed by atoms with E-state index in [0.717, 1.165) is 29.2 Å². The van der Waals surface area contributed by atoms with Gasteiger partial charge < -0.3 is 4.74 Å². The average Bonchev–Trinajstić information content (AvgIpc) is 2.37. The number of hydrogen-bond donors (Lipinski definition) is 0. The number of halogens is 1. The van der Waals surface area contributed by atoms with E-state index in [2.05, 4.69) is 60.1 Å². The van der Waals surface area contributed by atoms with Gasteiger partial charge in [-0.3, -0.25) is 0 Å². The van der Waals surface area contributed by atoms with Crippen LogP contribution >= 0.6 is 15.9 Å². The molecular weight excluding hydrogens is 288 g/mol. The van der Waals surface area contributed by atoms with E-state index in [1.165, 1.54) is 17.2 Å². The first-order chi connectivity index (χ1) is 8.68. The largest absolute Gasteiger partial charge is 0.492 e. The summed E-state index contributed by atoms with van der Waals surface area (Å²) in [7, 11) is 0. The minimum absolute atomic E-state index is 0.744. The van der Waals surface area contributed by atoms with E-state index < -0.39 is 0 Å². The van der Waals surface area contributed by atoms with Crippen LogP contribution in [-0.2, 0) is 0 Å². The summed E-state index contributed by atoms with van der Waals surface area (Å²) < 4.78 is 6.91. The zero-order chi connectivity index (χ0) is 13.0. The minimum Gasteiger partial charge on any atom is -0.492 e. The molecule has 2 heteroatoms. The van der Waals surface area contributed by atoms with Crippen molar-refractivity contribution < 1.29 is 4.74 Å². The predicted octanol–water partition coefficient (Wildman–Crippen LogP) is 5.42. The number of fused-ring (bicyclic) bond motifs is 1. The second-order valence-corrected chi connectivity index (χ2v) is 5.78. The highest BCUT2D eigenvalue weighted by Crippen LogP contribution is 2.33. The molecule has 96 valence electrons. The van der Waals surface area contributed by atoms with E-state index in [1.54, 1.807) is 0 Å². The van der Waals surface area contributed by atoms with Crippen molar-refractivity contribution in [2.24, 2.45) is 5.92 Å². The Hall–Kier alpha value is -1.02. The van der Waals surface area contributed by atoms with Crippen LogP contribution in [0, 0.1) is 5.92 Å². The summed E-state index contributed by atoms with van der Waals surface area (Å²) in [6.07, 6.45) is 2.32. The summed E-state index contributed by atoms with van der Waals surface area (Å²) in [6.45, 7) is 5.27. The SMILES string of the molecule is CC(C)CCCOc1ccc2ccccc2c1Br. The highest BCUT2D eigenvalue weighted by molar-refractivity contribution is 9.10. The van der Waals surface area contributed by atoms with Gasteiger partial charge in [-0.1, -0.05) is 44.2 Å². The van der Waals surface area contributed by atoms with Gasteiger partial charge in [-0.05, 0) is 51.5 Å². The van der Waals surface area contributed by atoms with E-state index in [4.69, 9.17) is 4.74 Å². The zero-order valence-electron chi connectivity index (χ0n) is 10.9. The van der Waals surface area contributed by atoms with Gasteiger partial charge in [0.2, 0.25) is 0 Å². The average molecular weight is 307 g/mol. The molecular formula is C16H19BrO. The second kappa shape index (κ2) is 6.24.